The predicted molar refractivity (Wildman–Crippen MR) is 61.2 cm³/mol. The van der Waals surface area contributed by atoms with E-state index in [-0.39, 0.29) is 0 Å². The lowest BCUT2D eigenvalue weighted by molar-refractivity contribution is 0.583. The normalized spacial score (nSPS) is 10.9. The van der Waals surface area contributed by atoms with Crippen LogP contribution in [0.4, 0.5) is 0 Å². The average molecular weight is 240 g/mol. The Morgan fingerprint density at radius 2 is 2.31 bits per heavy atom. The van der Waals surface area contributed by atoms with Gasteiger partial charge in [0.15, 0.2) is 0 Å². The second-order valence-electron chi connectivity index (χ2n) is 3.62. The third-order valence-electron chi connectivity index (χ3n) is 2.31. The molecule has 86 valence electrons. The molecule has 0 N–H and O–H groups in total. The minimum Gasteiger partial charge on any atom is -0.333 e. The predicted octanol–water partition coefficient (Wildman–Crippen LogP) is 1.67. The molecule has 0 aliphatic rings. The van der Waals surface area contributed by atoms with E-state index in [9.17, 15) is 0 Å². The lowest BCUT2D eigenvalue weighted by Gasteiger charge is -2.05. The Hall–Kier alpha value is -1.36. The standard InChI is InChI=1S/C10H14ClN5/c1-2-3-15-8-12-5-10(15)7-16-6-9(4-11)13-14-16/h5-6,8H,2-4,7H2,1H3. The first-order valence-electron chi connectivity index (χ1n) is 5.27. The van der Waals surface area contributed by atoms with Crippen molar-refractivity contribution in [3.8, 4) is 0 Å². The maximum absolute atomic E-state index is 5.67. The van der Waals surface area contributed by atoms with Crippen molar-refractivity contribution in [2.24, 2.45) is 0 Å². The van der Waals surface area contributed by atoms with E-state index in [4.69, 9.17) is 11.6 Å². The van der Waals surface area contributed by atoms with E-state index in [1.165, 1.54) is 0 Å². The van der Waals surface area contributed by atoms with Gasteiger partial charge in [-0.25, -0.2) is 9.67 Å². The van der Waals surface area contributed by atoms with Gasteiger partial charge in [0.05, 0.1) is 42.5 Å². The molecule has 6 heteroatoms. The van der Waals surface area contributed by atoms with Crippen molar-refractivity contribution in [1.29, 1.82) is 0 Å². The topological polar surface area (TPSA) is 48.5 Å². The monoisotopic (exact) mass is 239 g/mol. The second kappa shape index (κ2) is 5.12. The first kappa shape index (κ1) is 11.1. The molecule has 0 saturated heterocycles. The van der Waals surface area contributed by atoms with Gasteiger partial charge in [0.25, 0.3) is 0 Å². The molecule has 5 nitrogen and oxygen atoms in total. The number of hydrogen-bond donors (Lipinski definition) is 0. The molecule has 0 amide bonds. The zero-order valence-corrected chi connectivity index (χ0v) is 9.93. The summed E-state index contributed by atoms with van der Waals surface area (Å²) in [5, 5.41) is 7.95. The lowest BCUT2D eigenvalue weighted by atomic mass is 10.4. The van der Waals surface area contributed by atoms with E-state index >= 15 is 0 Å². The Bertz CT molecular complexity index is 448. The Balaban J connectivity index is 2.10. The van der Waals surface area contributed by atoms with Crippen LogP contribution in [0.1, 0.15) is 24.7 Å². The molecule has 2 heterocycles. The summed E-state index contributed by atoms with van der Waals surface area (Å²) in [5.41, 5.74) is 1.93. The van der Waals surface area contributed by atoms with E-state index in [0.29, 0.717) is 12.4 Å². The van der Waals surface area contributed by atoms with Gasteiger partial charge in [-0.2, -0.15) is 0 Å². The lowest BCUT2D eigenvalue weighted by Crippen LogP contribution is -2.07. The summed E-state index contributed by atoms with van der Waals surface area (Å²) in [6.45, 7) is 3.81. The Morgan fingerprint density at radius 3 is 3.00 bits per heavy atom. The van der Waals surface area contributed by atoms with Crippen molar-refractivity contribution in [2.75, 3.05) is 0 Å². The van der Waals surface area contributed by atoms with Gasteiger partial charge in [0.1, 0.15) is 0 Å². The summed E-state index contributed by atoms with van der Waals surface area (Å²) in [4.78, 5) is 4.14. The third kappa shape index (κ3) is 2.41. The van der Waals surface area contributed by atoms with Gasteiger partial charge < -0.3 is 4.57 Å². The molecule has 0 unspecified atom stereocenters. The van der Waals surface area contributed by atoms with Gasteiger partial charge in [-0.15, -0.1) is 16.7 Å². The van der Waals surface area contributed by atoms with Crippen LogP contribution in [0.2, 0.25) is 0 Å². The van der Waals surface area contributed by atoms with Gasteiger partial charge >= 0.3 is 0 Å². The van der Waals surface area contributed by atoms with Crippen LogP contribution in [0.5, 0.6) is 0 Å². The van der Waals surface area contributed by atoms with E-state index in [0.717, 1.165) is 24.4 Å². The number of halogens is 1. The minimum atomic E-state index is 0.397. The number of hydrogen-bond acceptors (Lipinski definition) is 3. The average Bonchev–Trinajstić information content (AvgIpc) is 2.90. The molecule has 2 aromatic heterocycles. The highest BCUT2D eigenvalue weighted by molar-refractivity contribution is 6.16. The molecule has 0 atom stereocenters. The van der Waals surface area contributed by atoms with Gasteiger partial charge in [-0.3, -0.25) is 0 Å². The van der Waals surface area contributed by atoms with Crippen molar-refractivity contribution in [3.63, 3.8) is 0 Å². The fourth-order valence-corrected chi connectivity index (χ4v) is 1.69. The Morgan fingerprint density at radius 1 is 1.44 bits per heavy atom. The van der Waals surface area contributed by atoms with Crippen LogP contribution in [0.15, 0.2) is 18.7 Å². The molecule has 0 aliphatic carbocycles. The summed E-state index contributed by atoms with van der Waals surface area (Å²) in [7, 11) is 0. The molecule has 0 aliphatic heterocycles. The zero-order valence-electron chi connectivity index (χ0n) is 9.17. The number of nitrogens with zero attached hydrogens (tertiary/aromatic N) is 5. The van der Waals surface area contributed by atoms with Crippen LogP contribution in [0, 0.1) is 0 Å². The maximum Gasteiger partial charge on any atom is 0.0974 e. The number of aryl methyl sites for hydroxylation is 1. The SMILES string of the molecule is CCCn1cncc1Cn1cc(CCl)nn1. The van der Waals surface area contributed by atoms with Crippen molar-refractivity contribution in [2.45, 2.75) is 32.3 Å². The van der Waals surface area contributed by atoms with Gasteiger partial charge in [-0.1, -0.05) is 12.1 Å². The number of alkyl halides is 1. The molecular formula is C10H14ClN5. The van der Waals surface area contributed by atoms with Crippen LogP contribution < -0.4 is 0 Å². The van der Waals surface area contributed by atoms with Crippen molar-refractivity contribution in [3.05, 3.63) is 30.1 Å². The summed E-state index contributed by atoms with van der Waals surface area (Å²) in [6.07, 6.45) is 6.65. The first-order valence-corrected chi connectivity index (χ1v) is 5.81. The van der Waals surface area contributed by atoms with E-state index in [1.54, 1.807) is 4.68 Å². The maximum atomic E-state index is 5.67. The van der Waals surface area contributed by atoms with Gasteiger partial charge in [0, 0.05) is 6.54 Å². The highest BCUT2D eigenvalue weighted by Gasteiger charge is 2.04. The Kier molecular flexibility index (Phi) is 3.56. The molecule has 2 aromatic rings. The second-order valence-corrected chi connectivity index (χ2v) is 3.89. The van der Waals surface area contributed by atoms with E-state index in [2.05, 4.69) is 26.8 Å². The molecule has 0 saturated carbocycles. The molecule has 0 radical (unpaired) electrons. The first-order chi connectivity index (χ1) is 7.83. The third-order valence-corrected chi connectivity index (χ3v) is 2.58. The summed E-state index contributed by atoms with van der Waals surface area (Å²) >= 11 is 5.67. The molecular weight excluding hydrogens is 226 g/mol. The zero-order chi connectivity index (χ0) is 11.4. The van der Waals surface area contributed by atoms with Crippen LogP contribution in [-0.4, -0.2) is 24.5 Å². The summed E-state index contributed by atoms with van der Waals surface area (Å²) in [5.74, 6) is 0.397. The summed E-state index contributed by atoms with van der Waals surface area (Å²) in [6, 6.07) is 0. The number of aromatic nitrogens is 5. The highest BCUT2D eigenvalue weighted by Crippen LogP contribution is 2.04. The van der Waals surface area contributed by atoms with E-state index in [1.807, 2.05) is 18.7 Å². The van der Waals surface area contributed by atoms with Crippen LogP contribution in [0.3, 0.4) is 0 Å². The molecule has 2 rings (SSSR count). The van der Waals surface area contributed by atoms with Gasteiger partial charge in [-0.05, 0) is 6.42 Å². The molecule has 0 fully saturated rings. The van der Waals surface area contributed by atoms with Crippen LogP contribution in [-0.2, 0) is 19.0 Å². The highest BCUT2D eigenvalue weighted by atomic mass is 35.5. The Labute approximate surface area is 99.1 Å². The van der Waals surface area contributed by atoms with Crippen molar-refractivity contribution in [1.82, 2.24) is 24.5 Å². The molecule has 16 heavy (non-hydrogen) atoms. The van der Waals surface area contributed by atoms with E-state index < -0.39 is 0 Å². The number of imidazole rings is 1. The molecule has 0 aromatic carbocycles. The van der Waals surface area contributed by atoms with Crippen LogP contribution in [0.25, 0.3) is 0 Å². The van der Waals surface area contributed by atoms with Crippen molar-refractivity contribution < 1.29 is 0 Å². The molecule has 0 spiro atoms. The van der Waals surface area contributed by atoms with Crippen molar-refractivity contribution >= 4 is 11.6 Å². The summed E-state index contributed by atoms with van der Waals surface area (Å²) < 4.78 is 3.91. The number of rotatable bonds is 5. The van der Waals surface area contributed by atoms with Gasteiger partial charge in [0.2, 0.25) is 0 Å². The minimum absolute atomic E-state index is 0.397. The smallest absolute Gasteiger partial charge is 0.0974 e. The quantitative estimate of drug-likeness (QED) is 0.746. The fraction of sp³-hybridized carbons (Fsp3) is 0.500. The molecule has 0 bridgehead atoms. The van der Waals surface area contributed by atoms with Crippen LogP contribution >= 0.6 is 11.6 Å². The largest absolute Gasteiger partial charge is 0.333 e. The fourth-order valence-electron chi connectivity index (χ4n) is 1.57.